The molecule has 1 fully saturated rings. The van der Waals surface area contributed by atoms with Gasteiger partial charge >= 0.3 is 0 Å². The van der Waals surface area contributed by atoms with E-state index in [4.69, 9.17) is 11.6 Å². The topological polar surface area (TPSA) is 42.0 Å². The van der Waals surface area contributed by atoms with Gasteiger partial charge in [-0.25, -0.2) is 4.98 Å². The summed E-state index contributed by atoms with van der Waals surface area (Å²) >= 11 is 7.90. The van der Waals surface area contributed by atoms with Crippen molar-refractivity contribution >= 4 is 28.8 Å². The fourth-order valence-electron chi connectivity index (χ4n) is 3.86. The van der Waals surface area contributed by atoms with E-state index in [9.17, 15) is 4.79 Å². The molecule has 0 aliphatic heterocycles. The highest BCUT2D eigenvalue weighted by molar-refractivity contribution is 7.15. The molecule has 1 N–H and O–H groups in total. The van der Waals surface area contributed by atoms with Gasteiger partial charge in [0.2, 0.25) is 5.91 Å². The fraction of sp³-hybridized carbons (Fsp3) is 0.545. The normalized spacial score (nSPS) is 19.8. The molecule has 1 heterocycles. The Hall–Kier alpha value is -1.39. The van der Waals surface area contributed by atoms with Gasteiger partial charge in [-0.2, -0.15) is 0 Å². The number of benzene rings is 1. The number of thiazole rings is 1. The van der Waals surface area contributed by atoms with E-state index in [1.807, 2.05) is 31.2 Å². The zero-order chi connectivity index (χ0) is 19.2. The number of hydrogen-bond acceptors (Lipinski definition) is 3. The SMILES string of the molecule is CCCCC1CCC(C(=O)NCc2sc(-c3ccccc3Cl)nc2C)CC1. The number of unbranched alkanes of at least 4 members (excludes halogenated alkanes) is 1. The summed E-state index contributed by atoms with van der Waals surface area (Å²) in [5.74, 6) is 1.21. The Bertz CT molecular complexity index is 765. The molecule has 0 unspecified atom stereocenters. The predicted octanol–water partition coefficient (Wildman–Crippen LogP) is 6.38. The van der Waals surface area contributed by atoms with Gasteiger partial charge < -0.3 is 5.32 Å². The molecule has 3 nitrogen and oxygen atoms in total. The van der Waals surface area contributed by atoms with E-state index in [-0.39, 0.29) is 11.8 Å². The zero-order valence-electron chi connectivity index (χ0n) is 16.3. The smallest absolute Gasteiger partial charge is 0.223 e. The number of amides is 1. The molecule has 2 aromatic rings. The molecule has 1 aromatic carbocycles. The molecule has 27 heavy (non-hydrogen) atoms. The quantitative estimate of drug-likeness (QED) is 0.581. The monoisotopic (exact) mass is 404 g/mol. The number of carbonyl (C=O) groups is 1. The number of carbonyl (C=O) groups excluding carboxylic acids is 1. The van der Waals surface area contributed by atoms with Gasteiger partial charge in [-0.1, -0.05) is 56.0 Å². The summed E-state index contributed by atoms with van der Waals surface area (Å²) in [4.78, 5) is 18.3. The van der Waals surface area contributed by atoms with E-state index in [2.05, 4.69) is 17.2 Å². The Kier molecular flexibility index (Phi) is 7.31. The van der Waals surface area contributed by atoms with Crippen molar-refractivity contribution in [2.24, 2.45) is 11.8 Å². The largest absolute Gasteiger partial charge is 0.351 e. The van der Waals surface area contributed by atoms with Crippen LogP contribution in [0.4, 0.5) is 0 Å². The third kappa shape index (κ3) is 5.32. The van der Waals surface area contributed by atoms with E-state index < -0.39 is 0 Å². The second-order valence-electron chi connectivity index (χ2n) is 7.59. The van der Waals surface area contributed by atoms with Crippen LogP contribution in [-0.4, -0.2) is 10.9 Å². The maximum Gasteiger partial charge on any atom is 0.223 e. The highest BCUT2D eigenvalue weighted by Crippen LogP contribution is 2.34. The number of hydrogen-bond donors (Lipinski definition) is 1. The third-order valence-corrected chi connectivity index (χ3v) is 7.12. The van der Waals surface area contributed by atoms with Crippen LogP contribution >= 0.6 is 22.9 Å². The lowest BCUT2D eigenvalue weighted by Crippen LogP contribution is -2.32. The van der Waals surface area contributed by atoms with E-state index in [1.54, 1.807) is 11.3 Å². The van der Waals surface area contributed by atoms with Crippen molar-refractivity contribution in [3.63, 3.8) is 0 Å². The van der Waals surface area contributed by atoms with E-state index in [1.165, 1.54) is 32.1 Å². The van der Waals surface area contributed by atoms with Crippen molar-refractivity contribution in [3.8, 4) is 10.6 Å². The highest BCUT2D eigenvalue weighted by Gasteiger charge is 2.26. The van der Waals surface area contributed by atoms with Crippen LogP contribution in [0.5, 0.6) is 0 Å². The summed E-state index contributed by atoms with van der Waals surface area (Å²) in [6, 6.07) is 7.76. The Morgan fingerprint density at radius 1 is 1.26 bits per heavy atom. The van der Waals surface area contributed by atoms with Gasteiger partial charge in [-0.3, -0.25) is 4.79 Å². The van der Waals surface area contributed by atoms with E-state index in [0.29, 0.717) is 11.6 Å². The molecular formula is C22H29ClN2OS. The van der Waals surface area contributed by atoms with Crippen molar-refractivity contribution < 1.29 is 4.79 Å². The van der Waals surface area contributed by atoms with E-state index in [0.717, 1.165) is 39.9 Å². The van der Waals surface area contributed by atoms with Crippen LogP contribution in [0.15, 0.2) is 24.3 Å². The van der Waals surface area contributed by atoms with Crippen LogP contribution in [0.1, 0.15) is 62.4 Å². The zero-order valence-corrected chi connectivity index (χ0v) is 17.8. The van der Waals surface area contributed by atoms with Gasteiger partial charge in [0.1, 0.15) is 5.01 Å². The number of halogens is 1. The fourth-order valence-corrected chi connectivity index (χ4v) is 5.18. The van der Waals surface area contributed by atoms with Crippen molar-refractivity contribution in [3.05, 3.63) is 39.9 Å². The van der Waals surface area contributed by atoms with Crippen molar-refractivity contribution in [2.75, 3.05) is 0 Å². The Balaban J connectivity index is 1.53. The first-order chi connectivity index (χ1) is 13.1. The van der Waals surface area contributed by atoms with Gasteiger partial charge in [0.15, 0.2) is 0 Å². The molecule has 146 valence electrons. The predicted molar refractivity (Wildman–Crippen MR) is 114 cm³/mol. The van der Waals surface area contributed by atoms with Gasteiger partial charge in [-0.15, -0.1) is 11.3 Å². The van der Waals surface area contributed by atoms with Crippen LogP contribution in [0, 0.1) is 18.8 Å². The maximum absolute atomic E-state index is 12.6. The maximum atomic E-state index is 12.6. The van der Waals surface area contributed by atoms with E-state index >= 15 is 0 Å². The van der Waals surface area contributed by atoms with Crippen LogP contribution in [0.3, 0.4) is 0 Å². The first-order valence-corrected chi connectivity index (χ1v) is 11.3. The lowest BCUT2D eigenvalue weighted by molar-refractivity contribution is -0.126. The lowest BCUT2D eigenvalue weighted by atomic mass is 9.79. The molecule has 1 aliphatic carbocycles. The van der Waals surface area contributed by atoms with Gasteiger partial charge in [0, 0.05) is 16.4 Å². The molecule has 0 atom stereocenters. The number of nitrogens with one attached hydrogen (secondary N) is 1. The molecule has 0 radical (unpaired) electrons. The number of aromatic nitrogens is 1. The average Bonchev–Trinajstić information content (AvgIpc) is 3.05. The first-order valence-electron chi connectivity index (χ1n) is 10.1. The Morgan fingerprint density at radius 3 is 2.70 bits per heavy atom. The van der Waals surface area contributed by atoms with Gasteiger partial charge in [-0.05, 0) is 44.6 Å². The van der Waals surface area contributed by atoms with Crippen LogP contribution < -0.4 is 5.32 Å². The van der Waals surface area contributed by atoms with Crippen molar-refractivity contribution in [1.29, 1.82) is 0 Å². The number of rotatable bonds is 7. The molecule has 1 aliphatic rings. The average molecular weight is 405 g/mol. The summed E-state index contributed by atoms with van der Waals surface area (Å²) in [6.45, 7) is 4.80. The van der Waals surface area contributed by atoms with Gasteiger partial charge in [0.25, 0.3) is 0 Å². The van der Waals surface area contributed by atoms with Crippen LogP contribution in [0.2, 0.25) is 5.02 Å². The second kappa shape index (κ2) is 9.70. The summed E-state index contributed by atoms with van der Waals surface area (Å²) < 4.78 is 0. The summed E-state index contributed by atoms with van der Waals surface area (Å²) in [7, 11) is 0. The Morgan fingerprint density at radius 2 is 2.00 bits per heavy atom. The lowest BCUT2D eigenvalue weighted by Gasteiger charge is -2.27. The molecule has 1 aromatic heterocycles. The standard InChI is InChI=1S/C22H29ClN2OS/c1-3-4-7-16-10-12-17(13-11-16)21(26)24-14-20-15(2)25-22(27-20)18-8-5-6-9-19(18)23/h5-6,8-9,16-17H,3-4,7,10-14H2,1-2H3,(H,24,26). The summed E-state index contributed by atoms with van der Waals surface area (Å²) in [6.07, 6.45) is 8.39. The first kappa shape index (κ1) is 20.3. The molecule has 0 spiro atoms. The highest BCUT2D eigenvalue weighted by atomic mass is 35.5. The minimum absolute atomic E-state index is 0.180. The minimum Gasteiger partial charge on any atom is -0.351 e. The molecule has 1 amide bonds. The number of nitrogens with zero attached hydrogens (tertiary/aromatic N) is 1. The van der Waals surface area contributed by atoms with Gasteiger partial charge in [0.05, 0.1) is 17.3 Å². The van der Waals surface area contributed by atoms with Crippen LogP contribution in [0.25, 0.3) is 10.6 Å². The van der Waals surface area contributed by atoms with Crippen molar-refractivity contribution in [2.45, 2.75) is 65.3 Å². The minimum atomic E-state index is 0.180. The third-order valence-electron chi connectivity index (χ3n) is 5.60. The number of aryl methyl sites for hydroxylation is 1. The molecule has 0 bridgehead atoms. The molecule has 3 rings (SSSR count). The molecule has 1 saturated carbocycles. The van der Waals surface area contributed by atoms with Crippen molar-refractivity contribution in [1.82, 2.24) is 10.3 Å². The summed E-state index contributed by atoms with van der Waals surface area (Å²) in [5, 5.41) is 4.77. The summed E-state index contributed by atoms with van der Waals surface area (Å²) in [5.41, 5.74) is 1.92. The molecular weight excluding hydrogens is 376 g/mol. The molecule has 0 saturated heterocycles. The van der Waals surface area contributed by atoms with Crippen LogP contribution in [-0.2, 0) is 11.3 Å². The second-order valence-corrected chi connectivity index (χ2v) is 9.08. The Labute approximate surface area is 171 Å². The molecule has 5 heteroatoms.